The molecule has 2 amide bonds. The zero-order valence-electron chi connectivity index (χ0n) is 15.3. The molecule has 0 saturated carbocycles. The molecule has 1 atom stereocenters. The topological polar surface area (TPSA) is 58.6 Å². The van der Waals surface area contributed by atoms with E-state index in [2.05, 4.69) is 17.4 Å². The number of fused-ring (bicyclic) bond motifs is 1. The van der Waals surface area contributed by atoms with Crippen molar-refractivity contribution >= 4 is 17.5 Å². The largest absolute Gasteiger partial charge is 0.484 e. The first-order valence-electron chi connectivity index (χ1n) is 9.61. The third-order valence-corrected chi connectivity index (χ3v) is 5.28. The number of nitrogens with zero attached hydrogens (tertiary/aromatic N) is 1. The summed E-state index contributed by atoms with van der Waals surface area (Å²) in [5.41, 5.74) is 3.36. The van der Waals surface area contributed by atoms with Crippen LogP contribution in [0.25, 0.3) is 0 Å². The van der Waals surface area contributed by atoms with E-state index in [0.29, 0.717) is 12.2 Å². The predicted molar refractivity (Wildman–Crippen MR) is 104 cm³/mol. The first-order chi connectivity index (χ1) is 13.2. The molecule has 0 aromatic heterocycles. The van der Waals surface area contributed by atoms with Crippen molar-refractivity contribution in [2.45, 2.75) is 38.1 Å². The lowest BCUT2D eigenvalue weighted by Gasteiger charge is -2.26. The minimum absolute atomic E-state index is 0.0317. The van der Waals surface area contributed by atoms with E-state index < -0.39 is 0 Å². The highest BCUT2D eigenvalue weighted by molar-refractivity contribution is 5.95. The summed E-state index contributed by atoms with van der Waals surface area (Å²) in [4.78, 5) is 26.1. The summed E-state index contributed by atoms with van der Waals surface area (Å²) < 4.78 is 5.68. The number of ether oxygens (including phenoxy) is 1. The molecule has 5 nitrogen and oxygen atoms in total. The fourth-order valence-electron chi connectivity index (χ4n) is 3.95. The van der Waals surface area contributed by atoms with E-state index in [9.17, 15) is 9.59 Å². The van der Waals surface area contributed by atoms with E-state index >= 15 is 0 Å². The summed E-state index contributed by atoms with van der Waals surface area (Å²) in [7, 11) is 0. The number of amides is 2. The van der Waals surface area contributed by atoms with Crippen LogP contribution < -0.4 is 15.0 Å². The van der Waals surface area contributed by atoms with Gasteiger partial charge < -0.3 is 15.0 Å². The molecule has 140 valence electrons. The van der Waals surface area contributed by atoms with E-state index in [0.717, 1.165) is 37.9 Å². The van der Waals surface area contributed by atoms with Crippen molar-refractivity contribution in [2.24, 2.45) is 0 Å². The Balaban J connectivity index is 1.36. The van der Waals surface area contributed by atoms with Crippen molar-refractivity contribution < 1.29 is 14.3 Å². The van der Waals surface area contributed by atoms with Gasteiger partial charge in [0.2, 0.25) is 5.91 Å². The first kappa shape index (κ1) is 17.6. The quantitative estimate of drug-likeness (QED) is 0.885. The highest BCUT2D eigenvalue weighted by Crippen LogP contribution is 2.29. The summed E-state index contributed by atoms with van der Waals surface area (Å²) in [6, 6.07) is 15.7. The van der Waals surface area contributed by atoms with E-state index in [1.807, 2.05) is 36.4 Å². The van der Waals surface area contributed by atoms with Crippen molar-refractivity contribution in [3.8, 4) is 5.75 Å². The maximum atomic E-state index is 12.4. The monoisotopic (exact) mass is 364 g/mol. The molecule has 5 heteroatoms. The third-order valence-electron chi connectivity index (χ3n) is 5.28. The van der Waals surface area contributed by atoms with Gasteiger partial charge in [-0.15, -0.1) is 0 Å². The third kappa shape index (κ3) is 3.97. The van der Waals surface area contributed by atoms with Crippen molar-refractivity contribution in [3.05, 3.63) is 59.7 Å². The fraction of sp³-hybridized carbons (Fsp3) is 0.364. The molecule has 1 N–H and O–H groups in total. The van der Waals surface area contributed by atoms with Gasteiger partial charge in [0, 0.05) is 24.7 Å². The Morgan fingerprint density at radius 3 is 2.85 bits per heavy atom. The second-order valence-corrected chi connectivity index (χ2v) is 7.15. The lowest BCUT2D eigenvalue weighted by atomic mass is 9.88. The zero-order valence-corrected chi connectivity index (χ0v) is 15.3. The van der Waals surface area contributed by atoms with Gasteiger partial charge in [0.25, 0.3) is 5.91 Å². The average Bonchev–Trinajstić information content (AvgIpc) is 3.13. The number of rotatable bonds is 5. The predicted octanol–water partition coefficient (Wildman–Crippen LogP) is 3.39. The van der Waals surface area contributed by atoms with Crippen LogP contribution in [-0.2, 0) is 16.0 Å². The number of benzene rings is 2. The van der Waals surface area contributed by atoms with Gasteiger partial charge in [-0.1, -0.05) is 30.3 Å². The number of aryl methyl sites for hydroxylation is 1. The molecule has 0 bridgehead atoms. The summed E-state index contributed by atoms with van der Waals surface area (Å²) in [6.07, 6.45) is 4.58. The molecule has 0 spiro atoms. The molecular formula is C22H24N2O3. The minimum atomic E-state index is -0.126. The standard InChI is InChI=1S/C22H24N2O3/c25-21(23-20-11-3-7-16-6-1-2-10-19(16)20)15-27-18-9-4-8-17(14-18)24-13-5-12-22(24)26/h1-2,4,6,8-10,14,20H,3,5,7,11-13,15H2,(H,23,25)/t20-/m1/s1. The summed E-state index contributed by atoms with van der Waals surface area (Å²) >= 11 is 0. The van der Waals surface area contributed by atoms with Crippen LogP contribution in [-0.4, -0.2) is 25.0 Å². The molecule has 27 heavy (non-hydrogen) atoms. The van der Waals surface area contributed by atoms with Gasteiger partial charge >= 0.3 is 0 Å². The van der Waals surface area contributed by atoms with Crippen LogP contribution in [0.3, 0.4) is 0 Å². The van der Waals surface area contributed by atoms with E-state index in [4.69, 9.17) is 4.74 Å². The normalized spacial score (nSPS) is 18.9. The van der Waals surface area contributed by atoms with Gasteiger partial charge in [0.05, 0.1) is 6.04 Å². The lowest BCUT2D eigenvalue weighted by Crippen LogP contribution is -2.34. The number of anilines is 1. The van der Waals surface area contributed by atoms with Crippen LogP contribution in [0.4, 0.5) is 5.69 Å². The van der Waals surface area contributed by atoms with Crippen molar-refractivity contribution in [2.75, 3.05) is 18.1 Å². The molecule has 1 saturated heterocycles. The van der Waals surface area contributed by atoms with Crippen LogP contribution >= 0.6 is 0 Å². The van der Waals surface area contributed by atoms with Crippen molar-refractivity contribution in [1.29, 1.82) is 0 Å². The Bertz CT molecular complexity index is 849. The van der Waals surface area contributed by atoms with Crippen LogP contribution in [0, 0.1) is 0 Å². The number of nitrogens with one attached hydrogen (secondary N) is 1. The highest BCUT2D eigenvalue weighted by Gasteiger charge is 2.23. The molecule has 1 heterocycles. The molecule has 1 fully saturated rings. The van der Waals surface area contributed by atoms with Gasteiger partial charge in [-0.2, -0.15) is 0 Å². The van der Waals surface area contributed by atoms with Gasteiger partial charge in [-0.25, -0.2) is 0 Å². The number of carbonyl (C=O) groups excluding carboxylic acids is 2. The Morgan fingerprint density at radius 1 is 1.11 bits per heavy atom. The maximum Gasteiger partial charge on any atom is 0.258 e. The number of hydrogen-bond donors (Lipinski definition) is 1. The number of carbonyl (C=O) groups is 2. The Labute approximate surface area is 159 Å². The summed E-state index contributed by atoms with van der Waals surface area (Å²) in [5, 5.41) is 3.09. The molecule has 0 radical (unpaired) electrons. The molecule has 2 aliphatic rings. The zero-order chi connectivity index (χ0) is 18.6. The molecule has 0 unspecified atom stereocenters. The molecule has 2 aromatic carbocycles. The van der Waals surface area contributed by atoms with Crippen LogP contribution in [0.2, 0.25) is 0 Å². The fourth-order valence-corrected chi connectivity index (χ4v) is 3.95. The second kappa shape index (κ2) is 7.82. The van der Waals surface area contributed by atoms with Gasteiger partial charge in [0.15, 0.2) is 6.61 Å². The van der Waals surface area contributed by atoms with Crippen LogP contribution in [0.15, 0.2) is 48.5 Å². The van der Waals surface area contributed by atoms with Gasteiger partial charge in [-0.3, -0.25) is 9.59 Å². The smallest absolute Gasteiger partial charge is 0.258 e. The van der Waals surface area contributed by atoms with Crippen molar-refractivity contribution in [1.82, 2.24) is 5.32 Å². The SMILES string of the molecule is O=C(COc1cccc(N2CCCC2=O)c1)N[C@@H]1CCCc2ccccc21. The minimum Gasteiger partial charge on any atom is -0.484 e. The molecule has 4 rings (SSSR count). The Morgan fingerprint density at radius 2 is 2.00 bits per heavy atom. The van der Waals surface area contributed by atoms with Gasteiger partial charge in [0.1, 0.15) is 5.75 Å². The molecule has 1 aliphatic carbocycles. The molecular weight excluding hydrogens is 340 g/mol. The summed E-state index contributed by atoms with van der Waals surface area (Å²) in [5.74, 6) is 0.617. The highest BCUT2D eigenvalue weighted by atomic mass is 16.5. The molecule has 1 aliphatic heterocycles. The summed E-state index contributed by atoms with van der Waals surface area (Å²) in [6.45, 7) is 0.708. The maximum absolute atomic E-state index is 12.4. The number of hydrogen-bond acceptors (Lipinski definition) is 3. The van der Waals surface area contributed by atoms with Crippen LogP contribution in [0.5, 0.6) is 5.75 Å². The van der Waals surface area contributed by atoms with Crippen molar-refractivity contribution in [3.63, 3.8) is 0 Å². The van der Waals surface area contributed by atoms with Crippen LogP contribution in [0.1, 0.15) is 42.9 Å². The molecule has 2 aromatic rings. The Kier molecular flexibility index (Phi) is 5.10. The first-order valence-corrected chi connectivity index (χ1v) is 9.61. The lowest BCUT2D eigenvalue weighted by molar-refractivity contribution is -0.124. The van der Waals surface area contributed by atoms with Gasteiger partial charge in [-0.05, 0) is 48.9 Å². The van der Waals surface area contributed by atoms with E-state index in [-0.39, 0.29) is 24.5 Å². The van der Waals surface area contributed by atoms with E-state index in [1.165, 1.54) is 11.1 Å². The second-order valence-electron chi connectivity index (χ2n) is 7.15. The average molecular weight is 364 g/mol. The Hall–Kier alpha value is -2.82. The van der Waals surface area contributed by atoms with E-state index in [1.54, 1.807) is 4.90 Å².